The molecule has 1 unspecified atom stereocenters. The van der Waals surface area contributed by atoms with E-state index in [0.29, 0.717) is 22.9 Å². The third kappa shape index (κ3) is 3.34. The lowest BCUT2D eigenvalue weighted by Crippen LogP contribution is -2.23. The van der Waals surface area contributed by atoms with E-state index < -0.39 is 17.7 Å². The van der Waals surface area contributed by atoms with Crippen LogP contribution in [0.25, 0.3) is 0 Å². The number of methoxy groups -OCH3 is 1. The maximum atomic E-state index is 14.1. The van der Waals surface area contributed by atoms with Crippen LogP contribution in [0.1, 0.15) is 24.1 Å². The third-order valence-corrected chi connectivity index (χ3v) is 3.55. The van der Waals surface area contributed by atoms with Crippen LogP contribution in [0.5, 0.6) is 5.75 Å². The van der Waals surface area contributed by atoms with Gasteiger partial charge in [0, 0.05) is 10.6 Å². The summed E-state index contributed by atoms with van der Waals surface area (Å²) in [7, 11) is 1.54. The Kier molecular flexibility index (Phi) is 5.15. The summed E-state index contributed by atoms with van der Waals surface area (Å²) in [6.07, 6.45) is 0. The molecule has 0 saturated heterocycles. The second-order valence-corrected chi connectivity index (χ2v) is 4.93. The van der Waals surface area contributed by atoms with E-state index in [1.807, 2.05) is 6.92 Å². The molecule has 0 amide bonds. The van der Waals surface area contributed by atoms with Crippen molar-refractivity contribution in [3.05, 3.63) is 64.2 Å². The zero-order valence-electron chi connectivity index (χ0n) is 11.8. The first kappa shape index (κ1) is 15.7. The van der Waals surface area contributed by atoms with E-state index in [2.05, 4.69) is 5.32 Å². The Hall–Kier alpha value is -1.65. The van der Waals surface area contributed by atoms with Gasteiger partial charge in [-0.3, -0.25) is 0 Å². The van der Waals surface area contributed by atoms with Crippen LogP contribution in [0.3, 0.4) is 0 Å². The van der Waals surface area contributed by atoms with Crippen LogP contribution in [-0.4, -0.2) is 13.7 Å². The van der Waals surface area contributed by atoms with Crippen LogP contribution in [0.15, 0.2) is 36.4 Å². The van der Waals surface area contributed by atoms with E-state index in [1.165, 1.54) is 6.07 Å². The number of ether oxygens (including phenoxy) is 1. The quantitative estimate of drug-likeness (QED) is 0.887. The summed E-state index contributed by atoms with van der Waals surface area (Å²) in [4.78, 5) is 0. The first-order chi connectivity index (χ1) is 10.1. The summed E-state index contributed by atoms with van der Waals surface area (Å²) in [5.41, 5.74) is 0.896. The summed E-state index contributed by atoms with van der Waals surface area (Å²) in [6.45, 7) is 2.48. The molecule has 1 N–H and O–H groups in total. The van der Waals surface area contributed by atoms with Gasteiger partial charge in [-0.25, -0.2) is 8.78 Å². The topological polar surface area (TPSA) is 21.3 Å². The molecule has 112 valence electrons. The number of halogens is 3. The maximum absolute atomic E-state index is 14.1. The van der Waals surface area contributed by atoms with Crippen molar-refractivity contribution in [1.29, 1.82) is 0 Å². The highest BCUT2D eigenvalue weighted by Gasteiger charge is 2.21. The van der Waals surface area contributed by atoms with Crippen molar-refractivity contribution in [2.45, 2.75) is 13.0 Å². The molecule has 2 aromatic rings. The molecule has 0 aliphatic rings. The van der Waals surface area contributed by atoms with Crippen molar-refractivity contribution >= 4 is 11.6 Å². The normalized spacial score (nSPS) is 12.2. The van der Waals surface area contributed by atoms with Crippen molar-refractivity contribution in [2.24, 2.45) is 0 Å². The number of nitrogens with one attached hydrogen (secondary N) is 1. The third-order valence-electron chi connectivity index (χ3n) is 3.22. The molecule has 0 spiro atoms. The molecule has 2 nitrogen and oxygen atoms in total. The molecule has 21 heavy (non-hydrogen) atoms. The average molecular weight is 312 g/mol. The fourth-order valence-electron chi connectivity index (χ4n) is 2.20. The molecule has 0 aliphatic carbocycles. The summed E-state index contributed by atoms with van der Waals surface area (Å²) in [5, 5.41) is 3.56. The van der Waals surface area contributed by atoms with Gasteiger partial charge in [-0.15, -0.1) is 0 Å². The molecule has 0 heterocycles. The Morgan fingerprint density at radius 2 is 1.95 bits per heavy atom. The van der Waals surface area contributed by atoms with E-state index in [9.17, 15) is 8.78 Å². The Morgan fingerprint density at radius 3 is 2.57 bits per heavy atom. The zero-order valence-corrected chi connectivity index (χ0v) is 12.5. The molecule has 1 atom stereocenters. The van der Waals surface area contributed by atoms with Crippen molar-refractivity contribution in [2.75, 3.05) is 13.7 Å². The van der Waals surface area contributed by atoms with Crippen LogP contribution < -0.4 is 10.1 Å². The Balaban J connectivity index is 2.51. The molecular formula is C16H16ClF2NO. The second-order valence-electron chi connectivity index (χ2n) is 4.52. The van der Waals surface area contributed by atoms with Gasteiger partial charge in [-0.05, 0) is 30.3 Å². The standard InChI is InChI=1S/C16H16ClF2NO/c1-3-20-16(12-5-4-6-14(18)15(12)19)11-8-7-10(21-2)9-13(11)17/h4-9,16,20H,3H2,1-2H3. The number of rotatable bonds is 5. The zero-order chi connectivity index (χ0) is 15.4. The number of hydrogen-bond acceptors (Lipinski definition) is 2. The van der Waals surface area contributed by atoms with Crippen molar-refractivity contribution in [3.8, 4) is 5.75 Å². The van der Waals surface area contributed by atoms with E-state index in [-0.39, 0.29) is 5.56 Å². The molecule has 0 radical (unpaired) electrons. The SMILES string of the molecule is CCNC(c1ccc(OC)cc1Cl)c1cccc(F)c1F. The molecular weight excluding hydrogens is 296 g/mol. The lowest BCUT2D eigenvalue weighted by molar-refractivity contribution is 0.414. The van der Waals surface area contributed by atoms with Gasteiger partial charge in [0.15, 0.2) is 11.6 Å². The van der Waals surface area contributed by atoms with Crippen molar-refractivity contribution < 1.29 is 13.5 Å². The summed E-state index contributed by atoms with van der Waals surface area (Å²) in [5.74, 6) is -1.13. The molecule has 2 rings (SSSR count). The molecule has 0 saturated carbocycles. The molecule has 2 aromatic carbocycles. The van der Waals surface area contributed by atoms with Gasteiger partial charge in [0.25, 0.3) is 0 Å². The summed E-state index contributed by atoms with van der Waals surface area (Å²) in [6, 6.07) is 8.74. The van der Waals surface area contributed by atoms with Crippen LogP contribution in [-0.2, 0) is 0 Å². The van der Waals surface area contributed by atoms with Gasteiger partial charge in [0.1, 0.15) is 5.75 Å². The molecule has 0 fully saturated rings. The second kappa shape index (κ2) is 6.87. The largest absolute Gasteiger partial charge is 0.497 e. The van der Waals surface area contributed by atoms with Crippen LogP contribution in [0.2, 0.25) is 5.02 Å². The van der Waals surface area contributed by atoms with Gasteiger partial charge >= 0.3 is 0 Å². The fraction of sp³-hybridized carbons (Fsp3) is 0.250. The smallest absolute Gasteiger partial charge is 0.163 e. The minimum Gasteiger partial charge on any atom is -0.497 e. The van der Waals surface area contributed by atoms with Crippen LogP contribution >= 0.6 is 11.6 Å². The lowest BCUT2D eigenvalue weighted by Gasteiger charge is -2.21. The monoisotopic (exact) mass is 311 g/mol. The predicted molar refractivity (Wildman–Crippen MR) is 79.9 cm³/mol. The highest BCUT2D eigenvalue weighted by molar-refractivity contribution is 6.31. The van der Waals surface area contributed by atoms with Crippen LogP contribution in [0.4, 0.5) is 8.78 Å². The number of hydrogen-bond donors (Lipinski definition) is 1. The van der Waals surface area contributed by atoms with Crippen LogP contribution in [0, 0.1) is 11.6 Å². The first-order valence-electron chi connectivity index (χ1n) is 6.59. The van der Waals surface area contributed by atoms with E-state index >= 15 is 0 Å². The minimum atomic E-state index is -0.875. The van der Waals surface area contributed by atoms with Gasteiger partial charge < -0.3 is 10.1 Å². The highest BCUT2D eigenvalue weighted by Crippen LogP contribution is 2.32. The van der Waals surface area contributed by atoms with Crippen molar-refractivity contribution in [1.82, 2.24) is 5.32 Å². The number of benzene rings is 2. The van der Waals surface area contributed by atoms with Gasteiger partial charge in [-0.1, -0.05) is 36.7 Å². The maximum Gasteiger partial charge on any atom is 0.163 e. The van der Waals surface area contributed by atoms with E-state index in [4.69, 9.17) is 16.3 Å². The fourth-order valence-corrected chi connectivity index (χ4v) is 2.48. The van der Waals surface area contributed by atoms with E-state index in [0.717, 1.165) is 6.07 Å². The molecule has 0 bridgehead atoms. The highest BCUT2D eigenvalue weighted by atomic mass is 35.5. The molecule has 0 aromatic heterocycles. The van der Waals surface area contributed by atoms with Gasteiger partial charge in [0.2, 0.25) is 0 Å². The van der Waals surface area contributed by atoms with Gasteiger partial charge in [-0.2, -0.15) is 0 Å². The average Bonchev–Trinajstić information content (AvgIpc) is 2.48. The molecule has 0 aliphatic heterocycles. The summed E-state index contributed by atoms with van der Waals surface area (Å²) < 4.78 is 32.6. The predicted octanol–water partition coefficient (Wildman–Crippen LogP) is 4.33. The van der Waals surface area contributed by atoms with Crippen molar-refractivity contribution in [3.63, 3.8) is 0 Å². The van der Waals surface area contributed by atoms with E-state index in [1.54, 1.807) is 31.4 Å². The summed E-state index contributed by atoms with van der Waals surface area (Å²) >= 11 is 6.24. The minimum absolute atomic E-state index is 0.226. The Labute approximate surface area is 127 Å². The Morgan fingerprint density at radius 1 is 1.19 bits per heavy atom. The lowest BCUT2D eigenvalue weighted by atomic mass is 9.97. The first-order valence-corrected chi connectivity index (χ1v) is 6.97. The van der Waals surface area contributed by atoms with Gasteiger partial charge in [0.05, 0.1) is 13.2 Å². The molecule has 5 heteroatoms. The Bertz CT molecular complexity index is 634.